The number of amides is 1. The molecule has 0 saturated carbocycles. The molecule has 1 amide bonds. The molecule has 0 radical (unpaired) electrons. The van der Waals surface area contributed by atoms with Crippen LogP contribution in [-0.4, -0.2) is 85.0 Å². The number of benzene rings is 2. The number of nitrogens with zero attached hydrogens (tertiary/aromatic N) is 2. The van der Waals surface area contributed by atoms with Gasteiger partial charge < -0.3 is 19.5 Å². The van der Waals surface area contributed by atoms with E-state index in [0.29, 0.717) is 50.6 Å². The van der Waals surface area contributed by atoms with Gasteiger partial charge in [-0.15, -0.1) is 0 Å². The van der Waals surface area contributed by atoms with E-state index in [1.54, 1.807) is 30.3 Å². The Bertz CT molecular complexity index is 1330. The lowest BCUT2D eigenvalue weighted by Crippen LogP contribution is -2.42. The molecule has 0 spiro atoms. The minimum absolute atomic E-state index is 0.108. The van der Waals surface area contributed by atoms with Crippen molar-refractivity contribution in [3.8, 4) is 11.5 Å². The van der Waals surface area contributed by atoms with Crippen LogP contribution in [0.5, 0.6) is 11.5 Å². The number of nitrogens with one attached hydrogen (secondary N) is 1. The summed E-state index contributed by atoms with van der Waals surface area (Å²) in [4.78, 5) is 13.1. The van der Waals surface area contributed by atoms with Crippen LogP contribution in [0.3, 0.4) is 0 Å². The molecule has 208 valence electrons. The molecule has 38 heavy (non-hydrogen) atoms. The number of carbonyl (C=O) groups excluding carboxylic acids is 1. The van der Waals surface area contributed by atoms with E-state index < -0.39 is 20.0 Å². The van der Waals surface area contributed by atoms with Gasteiger partial charge in [0.05, 0.1) is 37.2 Å². The molecule has 1 N–H and O–H groups in total. The summed E-state index contributed by atoms with van der Waals surface area (Å²) in [5.41, 5.74) is 0.771. The van der Waals surface area contributed by atoms with E-state index in [1.807, 2.05) is 0 Å². The van der Waals surface area contributed by atoms with E-state index in [4.69, 9.17) is 14.2 Å². The quantitative estimate of drug-likeness (QED) is 0.482. The molecular weight excluding hydrogens is 534 g/mol. The Morgan fingerprint density at radius 1 is 0.842 bits per heavy atom. The predicted octanol–water partition coefficient (Wildman–Crippen LogP) is 1.44. The number of sulfonamides is 2. The zero-order valence-electron chi connectivity index (χ0n) is 21.5. The standard InChI is InChI=1S/C25H33N3O8S2/c1-34-23-8-7-22(17-24(23)35-2)38(32,33)27-11-9-20(10-12-27)25(29)26-18-19-3-5-21(6-4-19)37(30,31)28-13-15-36-16-14-28/h3-8,17,20H,9-16,18H2,1-2H3,(H,26,29). The molecule has 0 aliphatic carbocycles. The highest BCUT2D eigenvalue weighted by atomic mass is 32.2. The van der Waals surface area contributed by atoms with Gasteiger partial charge in [0.1, 0.15) is 0 Å². The number of rotatable bonds is 9. The van der Waals surface area contributed by atoms with E-state index >= 15 is 0 Å². The van der Waals surface area contributed by atoms with Crippen molar-refractivity contribution in [3.05, 3.63) is 48.0 Å². The van der Waals surface area contributed by atoms with Gasteiger partial charge in [0.25, 0.3) is 0 Å². The second kappa shape index (κ2) is 12.0. The maximum absolute atomic E-state index is 13.1. The van der Waals surface area contributed by atoms with Crippen molar-refractivity contribution in [2.75, 3.05) is 53.6 Å². The van der Waals surface area contributed by atoms with Gasteiger partial charge in [-0.05, 0) is 42.7 Å². The molecule has 0 atom stereocenters. The number of carbonyl (C=O) groups is 1. The summed E-state index contributed by atoms with van der Waals surface area (Å²) in [5, 5.41) is 2.89. The fourth-order valence-electron chi connectivity index (χ4n) is 4.53. The maximum atomic E-state index is 13.1. The normalized spacial score (nSPS) is 18.2. The van der Waals surface area contributed by atoms with Crippen molar-refractivity contribution < 1.29 is 35.8 Å². The first-order valence-corrected chi connectivity index (χ1v) is 15.2. The van der Waals surface area contributed by atoms with Crippen LogP contribution in [0.1, 0.15) is 18.4 Å². The van der Waals surface area contributed by atoms with Crippen molar-refractivity contribution >= 4 is 26.0 Å². The molecule has 13 heteroatoms. The largest absolute Gasteiger partial charge is 0.493 e. The zero-order valence-corrected chi connectivity index (χ0v) is 23.1. The third kappa shape index (κ3) is 6.12. The molecule has 2 aromatic rings. The zero-order chi connectivity index (χ0) is 27.3. The monoisotopic (exact) mass is 567 g/mol. The Labute approximate surface area is 223 Å². The minimum atomic E-state index is -3.74. The number of morpholine rings is 1. The SMILES string of the molecule is COc1ccc(S(=O)(=O)N2CCC(C(=O)NCc3ccc(S(=O)(=O)N4CCOCC4)cc3)CC2)cc1OC. The number of hydrogen-bond acceptors (Lipinski definition) is 8. The van der Waals surface area contributed by atoms with Gasteiger partial charge in [-0.3, -0.25) is 4.79 Å². The van der Waals surface area contributed by atoms with Gasteiger partial charge >= 0.3 is 0 Å². The van der Waals surface area contributed by atoms with Crippen LogP contribution >= 0.6 is 0 Å². The summed E-state index contributed by atoms with van der Waals surface area (Å²) in [6.07, 6.45) is 0.796. The summed E-state index contributed by atoms with van der Waals surface area (Å²) in [6.45, 7) is 2.12. The Kier molecular flexibility index (Phi) is 8.93. The van der Waals surface area contributed by atoms with E-state index in [0.717, 1.165) is 5.56 Å². The molecule has 2 heterocycles. The van der Waals surface area contributed by atoms with Crippen molar-refractivity contribution in [2.45, 2.75) is 29.2 Å². The first-order chi connectivity index (χ1) is 18.2. The van der Waals surface area contributed by atoms with E-state index in [-0.39, 0.29) is 41.3 Å². The lowest BCUT2D eigenvalue weighted by molar-refractivity contribution is -0.126. The maximum Gasteiger partial charge on any atom is 0.243 e. The van der Waals surface area contributed by atoms with Crippen LogP contribution < -0.4 is 14.8 Å². The highest BCUT2D eigenvalue weighted by molar-refractivity contribution is 7.89. The van der Waals surface area contributed by atoms with Crippen molar-refractivity contribution in [2.24, 2.45) is 5.92 Å². The highest BCUT2D eigenvalue weighted by Gasteiger charge is 2.32. The van der Waals surface area contributed by atoms with Crippen LogP contribution in [0.2, 0.25) is 0 Å². The fourth-order valence-corrected chi connectivity index (χ4v) is 7.43. The van der Waals surface area contributed by atoms with Crippen LogP contribution in [0, 0.1) is 5.92 Å². The van der Waals surface area contributed by atoms with Gasteiger partial charge in [0, 0.05) is 44.7 Å². The summed E-state index contributed by atoms with van der Waals surface area (Å²) in [6, 6.07) is 10.9. The molecule has 0 aromatic heterocycles. The summed E-state index contributed by atoms with van der Waals surface area (Å²) in [5.74, 6) is 0.302. The van der Waals surface area contributed by atoms with Gasteiger partial charge in [-0.2, -0.15) is 8.61 Å². The van der Waals surface area contributed by atoms with Gasteiger partial charge in [0.15, 0.2) is 11.5 Å². The molecule has 2 aliphatic rings. The summed E-state index contributed by atoms with van der Waals surface area (Å²) in [7, 11) is -4.39. The van der Waals surface area contributed by atoms with Crippen molar-refractivity contribution in [1.82, 2.24) is 13.9 Å². The molecule has 0 bridgehead atoms. The Morgan fingerprint density at radius 2 is 1.39 bits per heavy atom. The van der Waals surface area contributed by atoms with E-state index in [1.165, 1.54) is 35.0 Å². The second-order valence-corrected chi connectivity index (χ2v) is 12.9. The molecule has 2 saturated heterocycles. The minimum Gasteiger partial charge on any atom is -0.493 e. The van der Waals surface area contributed by atoms with Gasteiger partial charge in [0.2, 0.25) is 26.0 Å². The van der Waals surface area contributed by atoms with Crippen molar-refractivity contribution in [1.29, 1.82) is 0 Å². The van der Waals surface area contributed by atoms with Crippen LogP contribution in [0.25, 0.3) is 0 Å². The van der Waals surface area contributed by atoms with E-state index in [2.05, 4.69) is 5.32 Å². The highest BCUT2D eigenvalue weighted by Crippen LogP contribution is 2.32. The van der Waals surface area contributed by atoms with Gasteiger partial charge in [-0.1, -0.05) is 12.1 Å². The third-order valence-electron chi connectivity index (χ3n) is 6.82. The first kappa shape index (κ1) is 28.3. The second-order valence-electron chi connectivity index (χ2n) is 9.07. The lowest BCUT2D eigenvalue weighted by atomic mass is 9.97. The molecule has 2 fully saturated rings. The topological polar surface area (TPSA) is 132 Å². The molecular formula is C25H33N3O8S2. The number of methoxy groups -OCH3 is 2. The first-order valence-electron chi connectivity index (χ1n) is 12.3. The summed E-state index contributed by atoms with van der Waals surface area (Å²) >= 11 is 0. The summed E-state index contributed by atoms with van der Waals surface area (Å²) < 4.78 is 70.2. The number of hydrogen-bond donors (Lipinski definition) is 1. The number of ether oxygens (including phenoxy) is 3. The average molecular weight is 568 g/mol. The molecule has 0 unspecified atom stereocenters. The molecule has 2 aliphatic heterocycles. The molecule has 11 nitrogen and oxygen atoms in total. The average Bonchev–Trinajstić information content (AvgIpc) is 2.96. The third-order valence-corrected chi connectivity index (χ3v) is 10.6. The van der Waals surface area contributed by atoms with E-state index in [9.17, 15) is 21.6 Å². The Morgan fingerprint density at radius 3 is 2.00 bits per heavy atom. The molecule has 2 aromatic carbocycles. The van der Waals surface area contributed by atoms with Crippen molar-refractivity contribution in [3.63, 3.8) is 0 Å². The Balaban J connectivity index is 1.30. The van der Waals surface area contributed by atoms with Crippen LogP contribution in [0.4, 0.5) is 0 Å². The van der Waals surface area contributed by atoms with Crippen LogP contribution in [0.15, 0.2) is 52.3 Å². The van der Waals surface area contributed by atoms with Crippen LogP contribution in [-0.2, 0) is 36.1 Å². The van der Waals surface area contributed by atoms with Gasteiger partial charge in [-0.25, -0.2) is 16.8 Å². The lowest BCUT2D eigenvalue weighted by Gasteiger charge is -2.30. The fraction of sp³-hybridized carbons (Fsp3) is 0.480. The smallest absolute Gasteiger partial charge is 0.243 e. The Hall–Kier alpha value is -2.71. The molecule has 4 rings (SSSR count). The number of piperidine rings is 1. The predicted molar refractivity (Wildman–Crippen MR) is 139 cm³/mol.